The van der Waals surface area contributed by atoms with Gasteiger partial charge in [-0.2, -0.15) is 0 Å². The van der Waals surface area contributed by atoms with Gasteiger partial charge in [0.05, 0.1) is 12.8 Å². The largest absolute Gasteiger partial charge is 0.496 e. The van der Waals surface area contributed by atoms with Crippen LogP contribution in [-0.4, -0.2) is 16.5 Å². The molecule has 3 heteroatoms. The molecule has 0 unspecified atom stereocenters. The highest BCUT2D eigenvalue weighted by Gasteiger charge is 2.11. The van der Waals surface area contributed by atoms with E-state index in [1.165, 1.54) is 11.1 Å². The van der Waals surface area contributed by atoms with Crippen LogP contribution in [0.3, 0.4) is 0 Å². The second-order valence-corrected chi connectivity index (χ2v) is 5.66. The number of hydrogen-bond acceptors (Lipinski definition) is 2. The fourth-order valence-corrected chi connectivity index (χ4v) is 2.64. The monoisotopic (exact) mass is 280 g/mol. The number of methoxy groups -OCH3 is 1. The predicted octanol–water partition coefficient (Wildman–Crippen LogP) is 4.44. The maximum atomic E-state index is 5.45. The number of pyridine rings is 1. The summed E-state index contributed by atoms with van der Waals surface area (Å²) in [4.78, 5) is 4.76. The highest BCUT2D eigenvalue weighted by Crippen LogP contribution is 2.31. The molecule has 21 heavy (non-hydrogen) atoms. The molecule has 3 aromatic rings. The van der Waals surface area contributed by atoms with Crippen LogP contribution in [-0.2, 0) is 0 Å². The molecule has 0 bridgehead atoms. The fourth-order valence-electron chi connectivity index (χ4n) is 2.64. The normalized spacial score (nSPS) is 11.3. The lowest BCUT2D eigenvalue weighted by molar-refractivity contribution is 0.407. The van der Waals surface area contributed by atoms with Crippen LogP contribution >= 0.6 is 0 Å². The van der Waals surface area contributed by atoms with E-state index in [1.807, 2.05) is 18.3 Å². The molecule has 0 fully saturated rings. The molecule has 108 valence electrons. The van der Waals surface area contributed by atoms with Crippen LogP contribution in [0.5, 0.6) is 5.75 Å². The van der Waals surface area contributed by atoms with Crippen LogP contribution < -0.4 is 4.74 Å². The number of ether oxygens (including phenoxy) is 1. The van der Waals surface area contributed by atoms with Crippen LogP contribution in [0.4, 0.5) is 0 Å². The molecule has 1 aromatic carbocycles. The third-order valence-corrected chi connectivity index (χ3v) is 3.83. The standard InChI is InChI=1S/C18H20N2O/c1-12(2)15-10-14(7-8-17(15)21-4)16-11-20-9-5-6-13(3)18(20)19-16/h5-12H,1-4H3. The molecule has 2 aromatic heterocycles. The zero-order valence-electron chi connectivity index (χ0n) is 12.9. The van der Waals surface area contributed by atoms with Crippen LogP contribution in [0, 0.1) is 6.92 Å². The lowest BCUT2D eigenvalue weighted by Crippen LogP contribution is -1.94. The summed E-state index contributed by atoms with van der Waals surface area (Å²) in [6.45, 7) is 6.44. The van der Waals surface area contributed by atoms with Gasteiger partial charge in [0, 0.05) is 18.0 Å². The number of fused-ring (bicyclic) bond motifs is 1. The fraction of sp³-hybridized carbons (Fsp3) is 0.278. The van der Waals surface area contributed by atoms with Crippen LogP contribution in [0.15, 0.2) is 42.7 Å². The smallest absolute Gasteiger partial charge is 0.140 e. The summed E-state index contributed by atoms with van der Waals surface area (Å²) in [5, 5.41) is 0. The summed E-state index contributed by atoms with van der Waals surface area (Å²) in [7, 11) is 1.72. The second kappa shape index (κ2) is 5.24. The summed E-state index contributed by atoms with van der Waals surface area (Å²) >= 11 is 0. The van der Waals surface area contributed by atoms with Crippen molar-refractivity contribution < 1.29 is 4.74 Å². The van der Waals surface area contributed by atoms with E-state index in [9.17, 15) is 0 Å². The van der Waals surface area contributed by atoms with E-state index in [2.05, 4.69) is 49.6 Å². The Hall–Kier alpha value is -2.29. The van der Waals surface area contributed by atoms with Gasteiger partial charge in [0.2, 0.25) is 0 Å². The maximum absolute atomic E-state index is 5.45. The number of nitrogens with zero attached hydrogens (tertiary/aromatic N) is 2. The van der Waals surface area contributed by atoms with Gasteiger partial charge in [-0.25, -0.2) is 4.98 Å². The van der Waals surface area contributed by atoms with Gasteiger partial charge in [-0.05, 0) is 48.2 Å². The van der Waals surface area contributed by atoms with Crippen LogP contribution in [0.25, 0.3) is 16.9 Å². The summed E-state index contributed by atoms with van der Waals surface area (Å²) in [5.74, 6) is 1.35. The predicted molar refractivity (Wildman–Crippen MR) is 86.0 cm³/mol. The second-order valence-electron chi connectivity index (χ2n) is 5.66. The SMILES string of the molecule is COc1ccc(-c2cn3cccc(C)c3n2)cc1C(C)C. The minimum Gasteiger partial charge on any atom is -0.496 e. The molecule has 3 rings (SSSR count). The van der Waals surface area contributed by atoms with E-state index in [1.54, 1.807) is 7.11 Å². The van der Waals surface area contributed by atoms with Gasteiger partial charge >= 0.3 is 0 Å². The highest BCUT2D eigenvalue weighted by atomic mass is 16.5. The van der Waals surface area contributed by atoms with E-state index >= 15 is 0 Å². The molecule has 0 aliphatic heterocycles. The average molecular weight is 280 g/mol. The lowest BCUT2D eigenvalue weighted by Gasteiger charge is -2.12. The zero-order chi connectivity index (χ0) is 15.0. The van der Waals surface area contributed by atoms with Crippen molar-refractivity contribution in [2.75, 3.05) is 7.11 Å². The molecule has 0 N–H and O–H groups in total. The van der Waals surface area contributed by atoms with E-state index in [0.717, 1.165) is 22.7 Å². The van der Waals surface area contributed by atoms with Crippen LogP contribution in [0.2, 0.25) is 0 Å². The number of hydrogen-bond donors (Lipinski definition) is 0. The Bertz CT molecular complexity index is 787. The quantitative estimate of drug-likeness (QED) is 0.709. The maximum Gasteiger partial charge on any atom is 0.140 e. The van der Waals surface area contributed by atoms with Crippen molar-refractivity contribution in [1.82, 2.24) is 9.38 Å². The summed E-state index contributed by atoms with van der Waals surface area (Å²) in [5.41, 5.74) is 5.52. The van der Waals surface area contributed by atoms with Crippen molar-refractivity contribution in [2.24, 2.45) is 0 Å². The molecule has 0 amide bonds. The van der Waals surface area contributed by atoms with Gasteiger partial charge in [-0.3, -0.25) is 0 Å². The first kappa shape index (κ1) is 13.7. The molecule has 0 aliphatic carbocycles. The van der Waals surface area contributed by atoms with Crippen molar-refractivity contribution in [3.63, 3.8) is 0 Å². The van der Waals surface area contributed by atoms with Crippen molar-refractivity contribution in [2.45, 2.75) is 26.7 Å². The molecule has 3 nitrogen and oxygen atoms in total. The third kappa shape index (κ3) is 2.40. The molecule has 0 atom stereocenters. The summed E-state index contributed by atoms with van der Waals surface area (Å²) < 4.78 is 7.52. The minimum atomic E-state index is 0.415. The summed E-state index contributed by atoms with van der Waals surface area (Å²) in [6, 6.07) is 10.4. The Morgan fingerprint density at radius 3 is 2.67 bits per heavy atom. The minimum absolute atomic E-state index is 0.415. The number of benzene rings is 1. The topological polar surface area (TPSA) is 26.5 Å². The van der Waals surface area contributed by atoms with Crippen molar-refractivity contribution >= 4 is 5.65 Å². The lowest BCUT2D eigenvalue weighted by atomic mass is 9.98. The van der Waals surface area contributed by atoms with E-state index < -0.39 is 0 Å². The van der Waals surface area contributed by atoms with Crippen LogP contribution in [0.1, 0.15) is 30.9 Å². The first-order valence-electron chi connectivity index (χ1n) is 7.23. The van der Waals surface area contributed by atoms with Gasteiger partial charge in [-0.15, -0.1) is 0 Å². The molecule has 2 heterocycles. The highest BCUT2D eigenvalue weighted by molar-refractivity contribution is 5.66. The Labute approximate surface area is 125 Å². The van der Waals surface area contributed by atoms with E-state index in [-0.39, 0.29) is 0 Å². The molecule has 0 spiro atoms. The Kier molecular flexibility index (Phi) is 3.42. The Balaban J connectivity index is 2.14. The Morgan fingerprint density at radius 1 is 1.19 bits per heavy atom. The molecule has 0 aliphatic rings. The molecule has 0 saturated carbocycles. The summed E-state index contributed by atoms with van der Waals surface area (Å²) in [6.07, 6.45) is 4.11. The van der Waals surface area contributed by atoms with Crippen molar-refractivity contribution in [3.05, 3.63) is 53.9 Å². The van der Waals surface area contributed by atoms with Crippen molar-refractivity contribution in [3.8, 4) is 17.0 Å². The average Bonchev–Trinajstić information content (AvgIpc) is 2.92. The first-order valence-corrected chi connectivity index (χ1v) is 7.23. The third-order valence-electron chi connectivity index (χ3n) is 3.83. The zero-order valence-corrected chi connectivity index (χ0v) is 12.9. The molecular weight excluding hydrogens is 260 g/mol. The first-order chi connectivity index (χ1) is 10.1. The number of imidazole rings is 1. The van der Waals surface area contributed by atoms with Gasteiger partial charge < -0.3 is 9.14 Å². The van der Waals surface area contributed by atoms with Crippen molar-refractivity contribution in [1.29, 1.82) is 0 Å². The van der Waals surface area contributed by atoms with Gasteiger partial charge in [0.25, 0.3) is 0 Å². The van der Waals surface area contributed by atoms with Gasteiger partial charge in [0.1, 0.15) is 11.4 Å². The molecule has 0 saturated heterocycles. The molecule has 0 radical (unpaired) electrons. The Morgan fingerprint density at radius 2 is 2.00 bits per heavy atom. The number of aryl methyl sites for hydroxylation is 1. The van der Waals surface area contributed by atoms with Gasteiger partial charge in [-0.1, -0.05) is 19.9 Å². The van der Waals surface area contributed by atoms with Gasteiger partial charge in [0.15, 0.2) is 0 Å². The van der Waals surface area contributed by atoms with E-state index in [0.29, 0.717) is 5.92 Å². The molecular formula is C18H20N2O. The number of rotatable bonds is 3. The number of aromatic nitrogens is 2. The van der Waals surface area contributed by atoms with E-state index in [4.69, 9.17) is 9.72 Å².